The maximum Gasteiger partial charge on any atom is 0.0888 e. The topological polar surface area (TPSA) is 25.8 Å². The number of pyridine rings is 2. The van der Waals surface area contributed by atoms with Gasteiger partial charge in [0.25, 0.3) is 0 Å². The molecule has 0 fully saturated rings. The van der Waals surface area contributed by atoms with Crippen molar-refractivity contribution in [2.75, 3.05) is 0 Å². The first kappa shape index (κ1) is 9.33. The molecular weight excluding hydrogens is 343 g/mol. The molecule has 0 atom stereocenters. The number of hydrogen-bond donors (Lipinski definition) is 0. The highest BCUT2D eigenvalue weighted by Gasteiger charge is 2.05. The van der Waals surface area contributed by atoms with E-state index >= 15 is 0 Å². The smallest absolute Gasteiger partial charge is 0.0888 e. The second-order valence-corrected chi connectivity index (χ2v) is 4.67. The molecule has 2 heterocycles. The van der Waals surface area contributed by atoms with Gasteiger partial charge in [0.1, 0.15) is 0 Å². The van der Waals surface area contributed by atoms with Crippen LogP contribution in [0.25, 0.3) is 10.9 Å². The third-order valence-electron chi connectivity index (χ3n) is 1.85. The molecule has 0 saturated heterocycles. The maximum atomic E-state index is 4.31. The normalized spacial score (nSPS) is 10.7. The first-order valence-corrected chi connectivity index (χ1v) is 5.62. The predicted octanol–water partition coefficient (Wildman–Crippen LogP) is 3.31. The van der Waals surface area contributed by atoms with E-state index in [1.807, 2.05) is 25.4 Å². The summed E-state index contributed by atoms with van der Waals surface area (Å²) in [5.41, 5.74) is 1.96. The molecule has 0 N–H and O–H groups in total. The van der Waals surface area contributed by atoms with Crippen LogP contribution in [0.15, 0.2) is 22.9 Å². The number of halogens is 2. The van der Waals surface area contributed by atoms with E-state index in [-0.39, 0.29) is 0 Å². The summed E-state index contributed by atoms with van der Waals surface area (Å²) in [4.78, 5) is 8.59. The molecule has 2 aromatic rings. The fraction of sp³-hybridized carbons (Fsp3) is 0.111. The van der Waals surface area contributed by atoms with E-state index in [4.69, 9.17) is 0 Å². The van der Waals surface area contributed by atoms with Crippen molar-refractivity contribution in [2.24, 2.45) is 0 Å². The molecule has 13 heavy (non-hydrogen) atoms. The van der Waals surface area contributed by atoms with Gasteiger partial charge in [0.15, 0.2) is 0 Å². The Balaban J connectivity index is 2.94. The Morgan fingerprint density at radius 1 is 1.38 bits per heavy atom. The maximum absolute atomic E-state index is 4.31. The number of aryl methyl sites for hydroxylation is 1. The van der Waals surface area contributed by atoms with Crippen molar-refractivity contribution in [3.8, 4) is 0 Å². The molecule has 0 bridgehead atoms. The van der Waals surface area contributed by atoms with Gasteiger partial charge in [-0.1, -0.05) is 0 Å². The fourth-order valence-corrected chi connectivity index (χ4v) is 2.11. The van der Waals surface area contributed by atoms with Crippen LogP contribution in [0.3, 0.4) is 0 Å². The minimum Gasteiger partial charge on any atom is -0.260 e. The predicted molar refractivity (Wildman–Crippen MR) is 64.7 cm³/mol. The highest BCUT2D eigenvalue weighted by Crippen LogP contribution is 2.26. The van der Waals surface area contributed by atoms with E-state index in [1.54, 1.807) is 0 Å². The zero-order valence-electron chi connectivity index (χ0n) is 6.88. The third-order valence-corrected chi connectivity index (χ3v) is 3.74. The lowest BCUT2D eigenvalue weighted by atomic mass is 10.2. The Hall–Kier alpha value is -0.230. The molecule has 0 amide bonds. The van der Waals surface area contributed by atoms with Crippen molar-refractivity contribution in [1.29, 1.82) is 0 Å². The number of rotatable bonds is 0. The van der Waals surface area contributed by atoms with Crippen LogP contribution in [-0.2, 0) is 0 Å². The summed E-state index contributed by atoms with van der Waals surface area (Å²) < 4.78 is 2.17. The van der Waals surface area contributed by atoms with Crippen LogP contribution in [0.5, 0.6) is 0 Å². The lowest BCUT2D eigenvalue weighted by Gasteiger charge is -2.03. The summed E-state index contributed by atoms with van der Waals surface area (Å²) >= 11 is 5.77. The van der Waals surface area contributed by atoms with Gasteiger partial charge in [-0.25, -0.2) is 0 Å². The molecule has 0 aliphatic carbocycles. The lowest BCUT2D eigenvalue weighted by molar-refractivity contribution is 1.19. The standard InChI is InChI=1S/C9H6BrIN2/c1-5-8(10)9-6(4-13-5)7(11)2-3-12-9/h2-4H,1H3. The quantitative estimate of drug-likeness (QED) is 0.683. The van der Waals surface area contributed by atoms with Gasteiger partial charge >= 0.3 is 0 Å². The molecule has 66 valence electrons. The van der Waals surface area contributed by atoms with Crippen molar-refractivity contribution in [2.45, 2.75) is 6.92 Å². The number of aromatic nitrogens is 2. The average molecular weight is 349 g/mol. The monoisotopic (exact) mass is 348 g/mol. The van der Waals surface area contributed by atoms with Crippen LogP contribution in [0, 0.1) is 10.5 Å². The molecular formula is C9H6BrIN2. The number of nitrogens with zero attached hydrogens (tertiary/aromatic N) is 2. The Bertz CT molecular complexity index is 470. The van der Waals surface area contributed by atoms with Gasteiger partial charge in [-0.05, 0) is 51.5 Å². The summed E-state index contributed by atoms with van der Waals surface area (Å²) in [6.45, 7) is 1.96. The zero-order valence-corrected chi connectivity index (χ0v) is 10.6. The second-order valence-electron chi connectivity index (χ2n) is 2.71. The van der Waals surface area contributed by atoms with Crippen LogP contribution < -0.4 is 0 Å². The van der Waals surface area contributed by atoms with Crippen LogP contribution >= 0.6 is 38.5 Å². The Kier molecular flexibility index (Phi) is 2.51. The first-order chi connectivity index (χ1) is 6.20. The highest BCUT2D eigenvalue weighted by molar-refractivity contribution is 14.1. The third kappa shape index (κ3) is 1.57. The zero-order chi connectivity index (χ0) is 9.42. The van der Waals surface area contributed by atoms with Gasteiger partial charge in [0.2, 0.25) is 0 Å². The van der Waals surface area contributed by atoms with E-state index in [2.05, 4.69) is 48.5 Å². The van der Waals surface area contributed by atoms with Gasteiger partial charge in [-0.2, -0.15) is 0 Å². The summed E-state index contributed by atoms with van der Waals surface area (Å²) in [5, 5.41) is 1.10. The highest BCUT2D eigenvalue weighted by atomic mass is 127. The molecule has 0 aromatic carbocycles. The van der Waals surface area contributed by atoms with Gasteiger partial charge in [-0.3, -0.25) is 9.97 Å². The number of fused-ring (bicyclic) bond motifs is 1. The second kappa shape index (κ2) is 3.49. The van der Waals surface area contributed by atoms with E-state index in [0.717, 1.165) is 21.1 Å². The van der Waals surface area contributed by atoms with Crippen molar-refractivity contribution in [3.63, 3.8) is 0 Å². The van der Waals surface area contributed by atoms with Gasteiger partial charge < -0.3 is 0 Å². The minimum atomic E-state index is 0.974. The van der Waals surface area contributed by atoms with E-state index < -0.39 is 0 Å². The molecule has 0 aliphatic heterocycles. The van der Waals surface area contributed by atoms with E-state index in [9.17, 15) is 0 Å². The Labute approximate surface area is 98.0 Å². The molecule has 0 unspecified atom stereocenters. The first-order valence-electron chi connectivity index (χ1n) is 3.75. The molecule has 2 nitrogen and oxygen atoms in total. The average Bonchev–Trinajstić information content (AvgIpc) is 2.12. The molecule has 0 saturated carbocycles. The molecule has 0 spiro atoms. The summed E-state index contributed by atoms with van der Waals surface area (Å²) in [6, 6.07) is 1.98. The van der Waals surface area contributed by atoms with Gasteiger partial charge in [0.05, 0.1) is 15.7 Å². The van der Waals surface area contributed by atoms with Crippen molar-refractivity contribution < 1.29 is 0 Å². The van der Waals surface area contributed by atoms with Crippen LogP contribution in [-0.4, -0.2) is 9.97 Å². The minimum absolute atomic E-state index is 0.974. The lowest BCUT2D eigenvalue weighted by Crippen LogP contribution is -1.89. The van der Waals surface area contributed by atoms with E-state index in [1.165, 1.54) is 3.57 Å². The molecule has 0 aliphatic rings. The summed E-state index contributed by atoms with van der Waals surface area (Å²) in [7, 11) is 0. The van der Waals surface area contributed by atoms with Crippen LogP contribution in [0.1, 0.15) is 5.69 Å². The Morgan fingerprint density at radius 3 is 2.92 bits per heavy atom. The van der Waals surface area contributed by atoms with E-state index in [0.29, 0.717) is 0 Å². The summed E-state index contributed by atoms with van der Waals surface area (Å²) in [6.07, 6.45) is 3.68. The Morgan fingerprint density at radius 2 is 2.15 bits per heavy atom. The van der Waals surface area contributed by atoms with Crippen LogP contribution in [0.2, 0.25) is 0 Å². The molecule has 2 rings (SSSR count). The molecule has 0 radical (unpaired) electrons. The SMILES string of the molecule is Cc1ncc2c(I)ccnc2c1Br. The van der Waals surface area contributed by atoms with Gasteiger partial charge in [0, 0.05) is 21.4 Å². The fourth-order valence-electron chi connectivity index (χ4n) is 1.14. The van der Waals surface area contributed by atoms with Crippen molar-refractivity contribution in [1.82, 2.24) is 9.97 Å². The van der Waals surface area contributed by atoms with Crippen molar-refractivity contribution >= 4 is 49.4 Å². The largest absolute Gasteiger partial charge is 0.260 e. The molecule has 2 aromatic heterocycles. The molecule has 4 heteroatoms. The van der Waals surface area contributed by atoms with Crippen LogP contribution in [0.4, 0.5) is 0 Å². The number of hydrogen-bond acceptors (Lipinski definition) is 2. The van der Waals surface area contributed by atoms with Crippen molar-refractivity contribution in [3.05, 3.63) is 32.2 Å². The van der Waals surface area contributed by atoms with Gasteiger partial charge in [-0.15, -0.1) is 0 Å². The summed E-state index contributed by atoms with van der Waals surface area (Å²) in [5.74, 6) is 0.